The van der Waals surface area contributed by atoms with Crippen molar-refractivity contribution in [2.75, 3.05) is 59.0 Å². The minimum absolute atomic E-state index is 0.0249. The maximum Gasteiger partial charge on any atom is 0.326 e. The highest BCUT2D eigenvalue weighted by molar-refractivity contribution is 6.03. The lowest BCUT2D eigenvalue weighted by Gasteiger charge is -2.33. The molecule has 56 nitrogen and oxygen atoms in total. The van der Waals surface area contributed by atoms with Crippen LogP contribution in [0.15, 0.2) is 67.1 Å². The molecule has 21 amide bonds. The number of aliphatic carboxylic acids is 2. The van der Waals surface area contributed by atoms with E-state index in [-0.39, 0.29) is 116 Å². The summed E-state index contributed by atoms with van der Waals surface area (Å²) >= 11 is 0. The largest absolute Gasteiger partial charge is 0.508 e. The first-order valence-corrected chi connectivity index (χ1v) is 49.2. The molecule has 0 bridgehead atoms. The number of aliphatic hydroxyl groups is 3. The molecule has 19 atom stereocenters. The van der Waals surface area contributed by atoms with Gasteiger partial charge >= 0.3 is 11.9 Å². The SMILES string of the molecule is CC(C)[C@H](NC(=O)[C@H](C)NC(=O)[C@H](C)NC(=O)[C@H](CCCNC(=N)N)NC(=O)[C@@H](NC(=O)[C@H](CC(=O)O)NC(=O)[C@@H](NC(=O)[C@H](Cc1ccccc1)NC(=O)[C@@H]1CCCN1C(=O)CNC(=O)[C@H](CO)NC(=O)CNC(=O)[C@@H](N)CO)[C@@H](C)O)C(C)C)C(=O)N[C@@H](Cc1ccc(O)cc1)C(=O)N[C@@H](CCC(N)=O)C(=O)N1CCC[C@H]1C(=O)N[C@@H](CCC(N)=O)C(=O)N1CCC[C@H]1C(=O)N[C@@H](Cc1c[nH]cn1)C(=O)N1CCC[C@H]1C(=O)O. The molecule has 7 rings (SSSR count). The smallest absolute Gasteiger partial charge is 0.326 e. The third-order valence-electron chi connectivity index (χ3n) is 25.4. The molecule has 4 aliphatic rings. The molecule has 5 heterocycles. The van der Waals surface area contributed by atoms with Crippen LogP contribution in [0.5, 0.6) is 5.75 Å². The van der Waals surface area contributed by atoms with E-state index in [4.69, 9.17) is 33.5 Å². The topological polar surface area (TPSA) is 876 Å². The maximum absolute atomic E-state index is 15.0. The predicted molar refractivity (Wildman–Crippen MR) is 525 cm³/mol. The summed E-state index contributed by atoms with van der Waals surface area (Å²) in [7, 11) is 0. The summed E-state index contributed by atoms with van der Waals surface area (Å²) in [6.07, 6.45) is -1.91. The van der Waals surface area contributed by atoms with Gasteiger partial charge in [0.15, 0.2) is 5.96 Å². The summed E-state index contributed by atoms with van der Waals surface area (Å²) in [5.74, 6) is -26.0. The number of nitrogens with one attached hydrogen (secondary N) is 18. The van der Waals surface area contributed by atoms with Gasteiger partial charge in [-0.15, -0.1) is 0 Å². The fourth-order valence-electron chi connectivity index (χ4n) is 17.2. The van der Waals surface area contributed by atoms with Gasteiger partial charge in [0, 0.05) is 71.0 Å². The van der Waals surface area contributed by atoms with Crippen molar-refractivity contribution >= 4 is 142 Å². The van der Waals surface area contributed by atoms with Gasteiger partial charge in [0.05, 0.1) is 50.8 Å². The van der Waals surface area contributed by atoms with Crippen LogP contribution in [-0.2, 0) is 130 Å². The number of rotatable bonds is 58. The average Bonchev–Trinajstić information content (AvgIpc) is 1.65. The Morgan fingerprint density at radius 2 is 0.847 bits per heavy atom. The number of amides is 21. The quantitative estimate of drug-likeness (QED) is 0.0142. The number of phenolic OH excluding ortho intramolecular Hbond substituents is 1. The molecule has 150 heavy (non-hydrogen) atoms. The fraction of sp³-hybridized carbons (Fsp3) is 0.585. The molecule has 0 saturated carbocycles. The standard InChI is InChI=1S/C94H139N27O29/c1-46(2)73(88(144)112-59(37-52-23-25-54(125)26-24-52)81(137)109-57(27-29-68(96)126)90(146)119-33-13-20-65(119)85(141)110-58(28-30-69(97)127)91(147)120-34-14-21-66(120)86(142)114-62(38-53-40-100-45-104-53)92(148)121-35-15-22-67(121)93(149)150)115-77(133)49(6)105-76(132)48(5)106-80(136)56(18-11-31-101-94(98)99)108-87(143)74(47(3)4)116-83(139)61(39-72(130)131)113-89(145)75(50(7)124)117-82(138)60(36-51-16-9-8-10-17-51)111-84(140)64-19-12-32-118(64)71(129)42-103-79(135)63(44-123)107-70(128)41-102-78(134)55(95)43-122/h8-10,16-17,23-26,40,45-50,55-67,73-75,122-125H,11-15,18-22,27-39,41-44,95H2,1-7H3,(H2,96,126)(H2,97,127)(H,100,104)(H,102,134)(H,103,135)(H,105,132)(H,106,136)(H,107,128)(H,108,143)(H,109,137)(H,110,141)(H,111,140)(H,112,144)(H,113,145)(H,114,142)(H,115,133)(H,116,139)(H,117,138)(H,130,131)(H,149,150)(H4,98,99,101)/t48-,49-,50+,55-,56-,57-,58-,59-,60-,61-,62-,63-,64-,65-,66-,67-,73-,74-,75-/m0/s1. The fourth-order valence-corrected chi connectivity index (χ4v) is 17.2. The number of guanidine groups is 1. The number of nitrogens with zero attached hydrogens (tertiary/aromatic N) is 5. The summed E-state index contributed by atoms with van der Waals surface area (Å²) in [4.78, 5) is 329. The number of nitrogens with two attached hydrogens (primary N) is 4. The molecule has 32 N–H and O–H groups in total. The lowest BCUT2D eigenvalue weighted by Crippen LogP contribution is -2.62. The normalized spacial score (nSPS) is 18.2. The molecule has 824 valence electrons. The Morgan fingerprint density at radius 1 is 0.427 bits per heavy atom. The number of hydrogen-bond donors (Lipinski definition) is 28. The Morgan fingerprint density at radius 3 is 1.35 bits per heavy atom. The zero-order valence-corrected chi connectivity index (χ0v) is 84.2. The molecule has 0 unspecified atom stereocenters. The first-order valence-electron chi connectivity index (χ1n) is 49.2. The number of aliphatic hydroxyl groups excluding tert-OH is 3. The van der Waals surface area contributed by atoms with E-state index in [0.717, 1.165) is 21.6 Å². The van der Waals surface area contributed by atoms with Gasteiger partial charge in [0.25, 0.3) is 0 Å². The Labute approximate surface area is 861 Å². The van der Waals surface area contributed by atoms with Crippen molar-refractivity contribution in [3.05, 3.63) is 83.9 Å². The monoisotopic (exact) mass is 2110 g/mol. The molecule has 4 saturated heterocycles. The number of aromatic amines is 1. The number of likely N-dealkylation sites (tertiary alicyclic amines) is 4. The van der Waals surface area contributed by atoms with Crippen LogP contribution in [0.2, 0.25) is 0 Å². The first-order chi connectivity index (χ1) is 70.9. The van der Waals surface area contributed by atoms with Crippen molar-refractivity contribution in [3.8, 4) is 5.75 Å². The van der Waals surface area contributed by atoms with E-state index in [1.807, 2.05) is 0 Å². The van der Waals surface area contributed by atoms with Crippen LogP contribution in [-0.4, -0.2) is 376 Å². The van der Waals surface area contributed by atoms with E-state index in [2.05, 4.69) is 95.0 Å². The minimum Gasteiger partial charge on any atom is -0.508 e. The van der Waals surface area contributed by atoms with E-state index < -0.39 is 327 Å². The van der Waals surface area contributed by atoms with Crippen molar-refractivity contribution < 1.29 is 141 Å². The molecule has 4 fully saturated rings. The molecule has 0 spiro atoms. The van der Waals surface area contributed by atoms with Gasteiger partial charge in [-0.25, -0.2) is 9.78 Å². The highest BCUT2D eigenvalue weighted by Gasteiger charge is 2.47. The molecule has 4 aliphatic heterocycles. The van der Waals surface area contributed by atoms with Crippen LogP contribution >= 0.6 is 0 Å². The third kappa shape index (κ3) is 37.0. The number of primary amides is 2. The van der Waals surface area contributed by atoms with Gasteiger partial charge in [0.1, 0.15) is 115 Å². The minimum atomic E-state index is -2.10. The van der Waals surface area contributed by atoms with Crippen LogP contribution in [0.3, 0.4) is 0 Å². The van der Waals surface area contributed by atoms with Crippen molar-refractivity contribution in [2.24, 2.45) is 34.8 Å². The summed E-state index contributed by atoms with van der Waals surface area (Å²) in [5.41, 5.74) is 23.2. The van der Waals surface area contributed by atoms with E-state index in [1.54, 1.807) is 30.3 Å². The van der Waals surface area contributed by atoms with Crippen LogP contribution in [0.25, 0.3) is 0 Å². The van der Waals surface area contributed by atoms with Crippen LogP contribution < -0.4 is 108 Å². The van der Waals surface area contributed by atoms with Gasteiger partial charge in [-0.2, -0.15) is 0 Å². The second-order valence-corrected chi connectivity index (χ2v) is 37.7. The number of carbonyl (C=O) groups is 23. The predicted octanol–water partition coefficient (Wildman–Crippen LogP) is -11.0. The second kappa shape index (κ2) is 58.8. The zero-order chi connectivity index (χ0) is 111. The molecule has 2 aromatic carbocycles. The van der Waals surface area contributed by atoms with E-state index in [9.17, 15) is 131 Å². The van der Waals surface area contributed by atoms with Crippen molar-refractivity contribution in [3.63, 3.8) is 0 Å². The maximum atomic E-state index is 15.0. The highest BCUT2D eigenvalue weighted by Crippen LogP contribution is 2.27. The van der Waals surface area contributed by atoms with Crippen LogP contribution in [0.4, 0.5) is 0 Å². The number of imidazole rings is 1. The van der Waals surface area contributed by atoms with Crippen molar-refractivity contribution in [2.45, 2.75) is 279 Å². The molecule has 1 aromatic heterocycles. The lowest BCUT2D eigenvalue weighted by molar-refractivity contribution is -0.150. The molecule has 0 radical (unpaired) electrons. The summed E-state index contributed by atoms with van der Waals surface area (Å²) in [6, 6.07) is -14.6. The number of H-pyrrole nitrogens is 1. The lowest BCUT2D eigenvalue weighted by atomic mass is 10.00. The number of carboxylic acids is 2. The zero-order valence-electron chi connectivity index (χ0n) is 84.2. The van der Waals surface area contributed by atoms with Gasteiger partial charge in [0.2, 0.25) is 124 Å². The third-order valence-corrected chi connectivity index (χ3v) is 25.4. The molecule has 0 aliphatic carbocycles. The molecular weight excluding hydrogens is 1970 g/mol. The number of hydrogen-bond acceptors (Lipinski definition) is 30. The number of aromatic hydroxyl groups is 1. The Kier molecular flexibility index (Phi) is 47.5. The van der Waals surface area contributed by atoms with Gasteiger partial charge in [-0.1, -0.05) is 70.2 Å². The van der Waals surface area contributed by atoms with E-state index >= 15 is 4.79 Å². The second-order valence-electron chi connectivity index (χ2n) is 37.7. The Bertz CT molecular complexity index is 5310. The Balaban J connectivity index is 0.993. The van der Waals surface area contributed by atoms with Crippen LogP contribution in [0.1, 0.15) is 162 Å². The number of carboxylic acid groups (broad SMARTS) is 2. The summed E-state index contributed by atoms with van der Waals surface area (Å²) in [6.45, 7) is 5.99. The molecular formula is C94H139N27O29. The van der Waals surface area contributed by atoms with Gasteiger partial charge < -0.3 is 163 Å². The van der Waals surface area contributed by atoms with Crippen LogP contribution in [0, 0.1) is 17.2 Å². The summed E-state index contributed by atoms with van der Waals surface area (Å²) < 4.78 is 0. The van der Waals surface area contributed by atoms with Crippen molar-refractivity contribution in [1.29, 1.82) is 5.41 Å². The summed E-state index contributed by atoms with van der Waals surface area (Å²) in [5, 5.41) is 107. The molecule has 56 heteroatoms. The number of aromatic nitrogens is 2. The van der Waals surface area contributed by atoms with E-state index in [1.165, 1.54) is 83.2 Å². The highest BCUT2D eigenvalue weighted by atomic mass is 16.4. The molecule has 3 aromatic rings. The van der Waals surface area contributed by atoms with E-state index in [0.29, 0.717) is 23.2 Å². The van der Waals surface area contributed by atoms with Crippen molar-refractivity contribution in [1.82, 2.24) is 115 Å². The first kappa shape index (κ1) is 121. The van der Waals surface area contributed by atoms with Gasteiger partial charge in [-0.05, 0) is 133 Å². The average molecular weight is 2110 g/mol. The van der Waals surface area contributed by atoms with Gasteiger partial charge in [-0.3, -0.25) is 111 Å². The Hall–Kier alpha value is -15.6. The number of benzene rings is 2. The number of carbonyl (C=O) groups excluding carboxylic acids is 21. The number of phenols is 1.